The molecule has 0 fully saturated rings. The summed E-state index contributed by atoms with van der Waals surface area (Å²) in [6, 6.07) is 20.5. The fourth-order valence-electron chi connectivity index (χ4n) is 3.53. The fourth-order valence-corrected chi connectivity index (χ4v) is 3.53. The van der Waals surface area contributed by atoms with Gasteiger partial charge in [0.05, 0.1) is 0 Å². The van der Waals surface area contributed by atoms with Gasteiger partial charge >= 0.3 is 17.9 Å². The third-order valence-corrected chi connectivity index (χ3v) is 5.75. The predicted octanol–water partition coefficient (Wildman–Crippen LogP) is 6.50. The summed E-state index contributed by atoms with van der Waals surface area (Å²) in [6.45, 7) is 15.8. The van der Waals surface area contributed by atoms with Crippen LogP contribution in [0.1, 0.15) is 20.8 Å². The van der Waals surface area contributed by atoms with Gasteiger partial charge in [0.25, 0.3) is 0 Å². The van der Waals surface area contributed by atoms with E-state index in [1.54, 1.807) is 45.0 Å². The molecule has 3 rings (SSSR count). The van der Waals surface area contributed by atoms with Crippen LogP contribution >= 0.6 is 0 Å². The van der Waals surface area contributed by atoms with Gasteiger partial charge in [-0.3, -0.25) is 0 Å². The minimum atomic E-state index is -0.488. The van der Waals surface area contributed by atoms with Gasteiger partial charge in [0.2, 0.25) is 0 Å². The largest absolute Gasteiger partial charge is 0.490 e. The van der Waals surface area contributed by atoms with E-state index in [0.717, 1.165) is 22.3 Å². The van der Waals surface area contributed by atoms with Crippen LogP contribution < -0.4 is 14.2 Å². The molecule has 42 heavy (non-hydrogen) atoms. The molecule has 0 aliphatic heterocycles. The fraction of sp³-hybridized carbons (Fsp3) is 0.206. The third kappa shape index (κ3) is 9.23. The molecular weight excluding hydrogens is 536 g/mol. The van der Waals surface area contributed by atoms with Crippen LogP contribution in [0.5, 0.6) is 17.2 Å². The van der Waals surface area contributed by atoms with E-state index in [-0.39, 0.29) is 26.4 Å². The first kappa shape index (κ1) is 31.4. The molecule has 8 heteroatoms. The molecule has 0 unspecified atom stereocenters. The lowest BCUT2D eigenvalue weighted by molar-refractivity contribution is -0.140. The molecule has 0 bridgehead atoms. The molecule has 0 spiro atoms. The van der Waals surface area contributed by atoms with E-state index in [9.17, 15) is 14.4 Å². The van der Waals surface area contributed by atoms with E-state index in [4.69, 9.17) is 23.7 Å². The molecule has 0 aliphatic rings. The average molecular weight is 571 g/mol. The molecule has 0 aromatic heterocycles. The van der Waals surface area contributed by atoms with Crippen molar-refractivity contribution >= 4 is 17.9 Å². The lowest BCUT2D eigenvalue weighted by Crippen LogP contribution is -2.13. The number of ether oxygens (including phenoxy) is 5. The van der Waals surface area contributed by atoms with Crippen LogP contribution in [0, 0.1) is 0 Å². The minimum absolute atomic E-state index is 0.0453. The second kappa shape index (κ2) is 15.0. The monoisotopic (exact) mass is 570 g/mol. The topological polar surface area (TPSA) is 97.4 Å². The maximum Gasteiger partial charge on any atom is 0.338 e. The molecule has 3 aromatic carbocycles. The molecular formula is C34H34O8. The van der Waals surface area contributed by atoms with E-state index in [0.29, 0.717) is 34.0 Å². The maximum atomic E-state index is 11.8. The normalized spacial score (nSPS) is 10.3. The highest BCUT2D eigenvalue weighted by atomic mass is 16.6. The Morgan fingerprint density at radius 3 is 1.52 bits per heavy atom. The predicted molar refractivity (Wildman–Crippen MR) is 160 cm³/mol. The van der Waals surface area contributed by atoms with Gasteiger partial charge in [-0.15, -0.1) is 0 Å². The molecule has 0 saturated heterocycles. The Morgan fingerprint density at radius 2 is 1.00 bits per heavy atom. The van der Waals surface area contributed by atoms with Crippen molar-refractivity contribution in [3.05, 3.63) is 103 Å². The first-order valence-electron chi connectivity index (χ1n) is 13.2. The number of benzene rings is 3. The molecule has 8 nitrogen and oxygen atoms in total. The lowest BCUT2D eigenvalue weighted by atomic mass is 9.99. The van der Waals surface area contributed by atoms with Crippen LogP contribution in [-0.2, 0) is 23.9 Å². The van der Waals surface area contributed by atoms with Crippen LogP contribution in [0.15, 0.2) is 103 Å². The van der Waals surface area contributed by atoms with E-state index in [1.807, 2.05) is 42.5 Å². The highest BCUT2D eigenvalue weighted by Crippen LogP contribution is 2.35. The van der Waals surface area contributed by atoms with Gasteiger partial charge in [0.15, 0.2) is 0 Å². The Balaban J connectivity index is 1.75. The van der Waals surface area contributed by atoms with Crippen LogP contribution in [-0.4, -0.2) is 44.3 Å². The van der Waals surface area contributed by atoms with E-state index < -0.39 is 17.9 Å². The van der Waals surface area contributed by atoms with Crippen LogP contribution in [0.25, 0.3) is 22.3 Å². The summed E-state index contributed by atoms with van der Waals surface area (Å²) < 4.78 is 27.2. The molecule has 0 atom stereocenters. The van der Waals surface area contributed by atoms with Crippen molar-refractivity contribution in [3.8, 4) is 39.5 Å². The van der Waals surface area contributed by atoms with Gasteiger partial charge in [-0.25, -0.2) is 14.4 Å². The Bertz CT molecular complexity index is 1470. The third-order valence-electron chi connectivity index (χ3n) is 5.75. The minimum Gasteiger partial charge on any atom is -0.490 e. The van der Waals surface area contributed by atoms with Crippen molar-refractivity contribution < 1.29 is 38.1 Å². The van der Waals surface area contributed by atoms with Crippen LogP contribution in [0.4, 0.5) is 0 Å². The molecule has 0 saturated carbocycles. The molecule has 0 radical (unpaired) electrons. The van der Waals surface area contributed by atoms with Crippen molar-refractivity contribution in [1.29, 1.82) is 0 Å². The van der Waals surface area contributed by atoms with E-state index >= 15 is 0 Å². The Kier molecular flexibility index (Phi) is 11.3. The second-order valence-electron chi connectivity index (χ2n) is 9.46. The Morgan fingerprint density at radius 1 is 0.548 bits per heavy atom. The molecule has 0 heterocycles. The summed E-state index contributed by atoms with van der Waals surface area (Å²) in [7, 11) is 0. The van der Waals surface area contributed by atoms with Crippen LogP contribution in [0.2, 0.25) is 0 Å². The summed E-state index contributed by atoms with van der Waals surface area (Å²) in [5.41, 5.74) is 4.56. The van der Waals surface area contributed by atoms with Crippen molar-refractivity contribution in [2.24, 2.45) is 0 Å². The van der Waals surface area contributed by atoms with Crippen molar-refractivity contribution in [2.45, 2.75) is 20.8 Å². The van der Waals surface area contributed by atoms with Gasteiger partial charge in [-0.2, -0.15) is 0 Å². The zero-order valence-electron chi connectivity index (χ0n) is 24.1. The highest BCUT2D eigenvalue weighted by Gasteiger charge is 2.12. The number of hydrogen-bond donors (Lipinski definition) is 0. The number of carbonyl (C=O) groups is 3. The van der Waals surface area contributed by atoms with Gasteiger partial charge in [0.1, 0.15) is 43.7 Å². The Hall–Kier alpha value is -5.11. The highest BCUT2D eigenvalue weighted by molar-refractivity contribution is 5.89. The second-order valence-corrected chi connectivity index (χ2v) is 9.46. The zero-order chi connectivity index (χ0) is 30.6. The summed E-state index contributed by atoms with van der Waals surface area (Å²) in [5, 5.41) is 0. The summed E-state index contributed by atoms with van der Waals surface area (Å²) in [4.78, 5) is 35.0. The first-order valence-corrected chi connectivity index (χ1v) is 13.2. The van der Waals surface area contributed by atoms with Crippen molar-refractivity contribution in [3.63, 3.8) is 0 Å². The SMILES string of the molecule is C=C(C)C(=O)OCCOc1ccc(-c2ccc(-c3ccc(OC(=O)C(=C)C)cc3)cc2)c(OCCOC(=O)C(=C)C)c1. The standard InChI is InChI=1S/C34H34O8/c1-22(2)32(35)40-19-17-38-29-15-16-30(31(21-29)39-18-20-41-33(36)23(3)4)27-9-7-25(8-10-27)26-11-13-28(14-12-26)42-34(37)24(5)6/h7-16,21H,1,3,5,17-20H2,2,4,6H3. The summed E-state index contributed by atoms with van der Waals surface area (Å²) in [6.07, 6.45) is 0. The quantitative estimate of drug-likeness (QED) is 0.0938. The molecule has 0 aliphatic carbocycles. The lowest BCUT2D eigenvalue weighted by Gasteiger charge is -2.15. The van der Waals surface area contributed by atoms with Gasteiger partial charge in [0, 0.05) is 28.3 Å². The van der Waals surface area contributed by atoms with Gasteiger partial charge in [-0.05, 0) is 61.7 Å². The average Bonchev–Trinajstić information content (AvgIpc) is 2.97. The Labute approximate surface area is 245 Å². The maximum absolute atomic E-state index is 11.8. The molecule has 0 N–H and O–H groups in total. The van der Waals surface area contributed by atoms with Gasteiger partial charge < -0.3 is 23.7 Å². The van der Waals surface area contributed by atoms with Gasteiger partial charge in [-0.1, -0.05) is 56.1 Å². The molecule has 0 amide bonds. The van der Waals surface area contributed by atoms with Crippen molar-refractivity contribution in [1.82, 2.24) is 0 Å². The van der Waals surface area contributed by atoms with Crippen molar-refractivity contribution in [2.75, 3.05) is 26.4 Å². The summed E-state index contributed by atoms with van der Waals surface area (Å²) >= 11 is 0. The molecule has 218 valence electrons. The van der Waals surface area contributed by atoms with E-state index in [1.165, 1.54) is 0 Å². The number of esters is 3. The van der Waals surface area contributed by atoms with Crippen LogP contribution in [0.3, 0.4) is 0 Å². The molecule has 3 aromatic rings. The number of carbonyl (C=O) groups excluding carboxylic acids is 3. The number of rotatable bonds is 14. The summed E-state index contributed by atoms with van der Waals surface area (Å²) in [5.74, 6) is 0.0418. The van der Waals surface area contributed by atoms with E-state index in [2.05, 4.69) is 19.7 Å². The zero-order valence-corrected chi connectivity index (χ0v) is 24.1. The number of hydrogen-bond acceptors (Lipinski definition) is 8. The first-order chi connectivity index (χ1) is 20.0. The smallest absolute Gasteiger partial charge is 0.338 e.